The summed E-state index contributed by atoms with van der Waals surface area (Å²) in [7, 11) is 0. The summed E-state index contributed by atoms with van der Waals surface area (Å²) in [4.78, 5) is 12.9. The third-order valence-electron chi connectivity index (χ3n) is 3.88. The van der Waals surface area contributed by atoms with Crippen molar-refractivity contribution in [3.8, 4) is 0 Å². The number of carbonyl (C=O) groups is 1. The van der Waals surface area contributed by atoms with Crippen LogP contribution in [0.3, 0.4) is 0 Å². The van der Waals surface area contributed by atoms with Crippen molar-refractivity contribution < 1.29 is 4.79 Å². The molecule has 10 heteroatoms. The Morgan fingerprint density at radius 2 is 1.78 bits per heavy atom. The molecule has 0 aliphatic rings. The fourth-order valence-electron chi connectivity index (χ4n) is 2.54. The molecule has 0 spiro atoms. The zero-order valence-electron chi connectivity index (χ0n) is 14.5. The Kier molecular flexibility index (Phi) is 6.15. The predicted molar refractivity (Wildman–Crippen MR) is 108 cm³/mol. The van der Waals surface area contributed by atoms with Crippen molar-refractivity contribution in [1.82, 2.24) is 29.5 Å². The minimum Gasteiger partial charge on any atom is -0.300 e. The van der Waals surface area contributed by atoms with Crippen molar-refractivity contribution in [3.63, 3.8) is 0 Å². The van der Waals surface area contributed by atoms with E-state index >= 15 is 0 Å². The van der Waals surface area contributed by atoms with Crippen LogP contribution in [0, 0.1) is 9.54 Å². The number of allylic oxidation sites excluding steroid dienone is 2. The molecule has 7 nitrogen and oxygen atoms in total. The molecule has 0 aliphatic carbocycles. The molecular formula is C17H17ClN6OS2. The van der Waals surface area contributed by atoms with E-state index in [9.17, 15) is 4.79 Å². The van der Waals surface area contributed by atoms with Gasteiger partial charge in [0.1, 0.15) is 11.6 Å². The number of H-pyrrole nitrogens is 2. The lowest BCUT2D eigenvalue weighted by molar-refractivity contribution is 0.0955. The maximum Gasteiger partial charge on any atom is 0.265 e. The van der Waals surface area contributed by atoms with Crippen LogP contribution in [-0.4, -0.2) is 35.4 Å². The highest BCUT2D eigenvalue weighted by atomic mass is 35.5. The summed E-state index contributed by atoms with van der Waals surface area (Å²) in [5.74, 6) is 0.835. The van der Waals surface area contributed by atoms with Crippen LogP contribution in [-0.2, 0) is 13.0 Å². The van der Waals surface area contributed by atoms with Crippen LogP contribution in [0.4, 0.5) is 0 Å². The smallest absolute Gasteiger partial charge is 0.265 e. The molecule has 27 heavy (non-hydrogen) atoms. The molecule has 2 N–H and O–H groups in total. The van der Waals surface area contributed by atoms with Crippen molar-refractivity contribution >= 4 is 41.9 Å². The van der Waals surface area contributed by atoms with Crippen LogP contribution in [0.5, 0.6) is 0 Å². The van der Waals surface area contributed by atoms with Crippen molar-refractivity contribution in [3.05, 3.63) is 68.2 Å². The summed E-state index contributed by atoms with van der Waals surface area (Å²) < 4.78 is 3.95. The average molecular weight is 421 g/mol. The van der Waals surface area contributed by atoms with Gasteiger partial charge in [-0.05, 0) is 55.1 Å². The van der Waals surface area contributed by atoms with Crippen LogP contribution in [0.25, 0.3) is 0 Å². The number of nitrogens with one attached hydrogen (secondary N) is 2. The highest BCUT2D eigenvalue weighted by molar-refractivity contribution is 7.71. The molecule has 1 aromatic carbocycles. The van der Waals surface area contributed by atoms with E-state index < -0.39 is 0 Å². The lowest BCUT2D eigenvalue weighted by Crippen LogP contribution is -2.17. The summed E-state index contributed by atoms with van der Waals surface area (Å²) in [6.45, 7) is 2.65. The van der Waals surface area contributed by atoms with E-state index in [0.717, 1.165) is 6.42 Å². The summed E-state index contributed by atoms with van der Waals surface area (Å²) in [5, 5.41) is 14.5. The molecular weight excluding hydrogens is 404 g/mol. The first-order chi connectivity index (χ1) is 13.0. The lowest BCUT2D eigenvalue weighted by Gasteiger charge is -2.07. The fourth-order valence-corrected chi connectivity index (χ4v) is 3.13. The van der Waals surface area contributed by atoms with Crippen LogP contribution in [0.2, 0.25) is 5.02 Å². The monoisotopic (exact) mass is 420 g/mol. The number of aromatic amines is 2. The maximum absolute atomic E-state index is 12.9. The quantitative estimate of drug-likeness (QED) is 0.463. The van der Waals surface area contributed by atoms with E-state index in [0.29, 0.717) is 40.0 Å². The summed E-state index contributed by atoms with van der Waals surface area (Å²) in [6.07, 6.45) is 5.30. The fraction of sp³-hybridized carbons (Fsp3) is 0.235. The zero-order chi connectivity index (χ0) is 19.4. The number of nitrogens with zero attached hydrogens (tertiary/aromatic N) is 4. The summed E-state index contributed by atoms with van der Waals surface area (Å²) >= 11 is 16.4. The Balaban J connectivity index is 1.93. The second-order valence-corrected chi connectivity index (χ2v) is 6.91. The molecule has 0 amide bonds. The average Bonchev–Trinajstić information content (AvgIpc) is 3.19. The molecule has 140 valence electrons. The highest BCUT2D eigenvalue weighted by Crippen LogP contribution is 2.13. The number of aromatic nitrogens is 6. The van der Waals surface area contributed by atoms with E-state index in [1.807, 2.05) is 10.6 Å². The first kappa shape index (κ1) is 19.4. The number of rotatable bonds is 6. The Bertz CT molecular complexity index is 1090. The SMILES string of the molecule is CC/C=C/Cn1c(Cc2n[nH]c(=S)n2C(=O)c2ccc(Cl)cc2)n[nH]c1=S. The molecule has 0 fully saturated rings. The number of hydrogen-bond donors (Lipinski definition) is 2. The Hall–Kier alpha value is -2.36. The maximum atomic E-state index is 12.9. The summed E-state index contributed by atoms with van der Waals surface area (Å²) in [6, 6.07) is 6.61. The third-order valence-corrected chi connectivity index (χ3v) is 4.72. The van der Waals surface area contributed by atoms with Crippen molar-refractivity contribution in [1.29, 1.82) is 0 Å². The Morgan fingerprint density at radius 1 is 1.11 bits per heavy atom. The molecule has 0 aliphatic heterocycles. The van der Waals surface area contributed by atoms with Gasteiger partial charge in [0.15, 0.2) is 4.77 Å². The van der Waals surface area contributed by atoms with Gasteiger partial charge in [-0.2, -0.15) is 10.2 Å². The number of hydrogen-bond acceptors (Lipinski definition) is 5. The van der Waals surface area contributed by atoms with Crippen LogP contribution < -0.4 is 0 Å². The molecule has 3 aromatic rings. The van der Waals surface area contributed by atoms with Gasteiger partial charge in [-0.15, -0.1) is 0 Å². The minimum absolute atomic E-state index is 0.219. The van der Waals surface area contributed by atoms with Gasteiger partial charge in [-0.1, -0.05) is 30.7 Å². The van der Waals surface area contributed by atoms with Crippen molar-refractivity contribution in [2.75, 3.05) is 0 Å². The lowest BCUT2D eigenvalue weighted by atomic mass is 10.2. The predicted octanol–water partition coefficient (Wildman–Crippen LogP) is 4.09. The molecule has 3 rings (SSSR count). The highest BCUT2D eigenvalue weighted by Gasteiger charge is 2.18. The molecule has 2 aromatic heterocycles. The minimum atomic E-state index is -0.285. The third kappa shape index (κ3) is 4.32. The normalized spacial score (nSPS) is 11.3. The van der Waals surface area contributed by atoms with Gasteiger partial charge < -0.3 is 0 Å². The second-order valence-electron chi connectivity index (χ2n) is 5.70. The van der Waals surface area contributed by atoms with Gasteiger partial charge in [0.2, 0.25) is 4.77 Å². The molecule has 0 atom stereocenters. The van der Waals surface area contributed by atoms with E-state index in [1.54, 1.807) is 24.3 Å². The van der Waals surface area contributed by atoms with E-state index in [-0.39, 0.29) is 10.7 Å². The van der Waals surface area contributed by atoms with Crippen LogP contribution in [0.1, 0.15) is 35.4 Å². The topological polar surface area (TPSA) is 84.3 Å². The number of carbonyl (C=O) groups excluding carboxylic acids is 1. The molecule has 0 bridgehead atoms. The van der Waals surface area contributed by atoms with Gasteiger partial charge in [0.05, 0.1) is 6.42 Å². The number of benzene rings is 1. The van der Waals surface area contributed by atoms with Gasteiger partial charge in [0, 0.05) is 17.1 Å². The van der Waals surface area contributed by atoms with Crippen molar-refractivity contribution in [2.45, 2.75) is 26.3 Å². The molecule has 0 saturated carbocycles. The van der Waals surface area contributed by atoms with Gasteiger partial charge in [-0.25, -0.2) is 4.57 Å². The van der Waals surface area contributed by atoms with E-state index in [4.69, 9.17) is 36.0 Å². The molecule has 0 unspecified atom stereocenters. The van der Waals surface area contributed by atoms with Crippen LogP contribution in [0.15, 0.2) is 36.4 Å². The second kappa shape index (κ2) is 8.55. The molecule has 0 radical (unpaired) electrons. The Morgan fingerprint density at radius 3 is 2.48 bits per heavy atom. The van der Waals surface area contributed by atoms with Gasteiger partial charge in [-0.3, -0.25) is 19.6 Å². The van der Waals surface area contributed by atoms with Crippen LogP contribution >= 0.6 is 36.0 Å². The zero-order valence-corrected chi connectivity index (χ0v) is 16.9. The van der Waals surface area contributed by atoms with E-state index in [1.165, 1.54) is 4.57 Å². The van der Waals surface area contributed by atoms with Crippen molar-refractivity contribution in [2.24, 2.45) is 0 Å². The van der Waals surface area contributed by atoms with Gasteiger partial charge >= 0.3 is 0 Å². The number of halogens is 1. The first-order valence-corrected chi connectivity index (χ1v) is 9.46. The first-order valence-electron chi connectivity index (χ1n) is 8.27. The van der Waals surface area contributed by atoms with E-state index in [2.05, 4.69) is 33.4 Å². The molecule has 0 saturated heterocycles. The summed E-state index contributed by atoms with van der Waals surface area (Å²) in [5.41, 5.74) is 0.461. The largest absolute Gasteiger partial charge is 0.300 e. The standard InChI is InChI=1S/C17H17ClN6OS2/c1-2-3-4-9-23-13(19-21-16(23)26)10-14-20-22-17(27)24(14)15(25)11-5-7-12(18)8-6-11/h3-8H,2,9-10H2,1H3,(H,21,26)(H,22,27)/b4-3+. The van der Waals surface area contributed by atoms with Gasteiger partial charge in [0.25, 0.3) is 5.91 Å². The molecule has 2 heterocycles. The Labute approximate surface area is 170 Å².